The standard InChI is InChI=1S/C15H13NO2S2/c1-10-4-5-13-11(9-10)12(6-8-20-13)16-18-15(17)14-3-2-7-19-14/h2-5,7,9H,6,8H2,1H3. The van der Waals surface area contributed by atoms with Crippen molar-refractivity contribution in [3.05, 3.63) is 51.7 Å². The molecule has 5 heteroatoms. The van der Waals surface area contributed by atoms with Crippen LogP contribution in [0.1, 0.15) is 27.2 Å². The molecule has 0 fully saturated rings. The quantitative estimate of drug-likeness (QED) is 0.619. The maximum Gasteiger partial charge on any atom is 0.375 e. The summed E-state index contributed by atoms with van der Waals surface area (Å²) in [6.07, 6.45) is 0.818. The van der Waals surface area contributed by atoms with Crippen molar-refractivity contribution in [3.63, 3.8) is 0 Å². The van der Waals surface area contributed by atoms with Gasteiger partial charge in [-0.1, -0.05) is 22.9 Å². The Morgan fingerprint density at radius 3 is 3.05 bits per heavy atom. The number of thioether (sulfide) groups is 1. The van der Waals surface area contributed by atoms with Crippen molar-refractivity contribution in [2.75, 3.05) is 5.75 Å². The summed E-state index contributed by atoms with van der Waals surface area (Å²) in [6, 6.07) is 9.85. The highest BCUT2D eigenvalue weighted by Gasteiger charge is 2.17. The van der Waals surface area contributed by atoms with Gasteiger partial charge in [-0.05, 0) is 30.5 Å². The average molecular weight is 303 g/mol. The molecule has 0 aliphatic carbocycles. The molecule has 2 heterocycles. The number of carbonyl (C=O) groups excluding carboxylic acids is 1. The van der Waals surface area contributed by atoms with Gasteiger partial charge >= 0.3 is 5.97 Å². The van der Waals surface area contributed by atoms with E-state index in [1.165, 1.54) is 21.8 Å². The second-order valence-corrected chi connectivity index (χ2v) is 6.58. The predicted molar refractivity (Wildman–Crippen MR) is 82.8 cm³/mol. The lowest BCUT2D eigenvalue weighted by Crippen LogP contribution is -2.12. The fourth-order valence-electron chi connectivity index (χ4n) is 2.02. The highest BCUT2D eigenvalue weighted by molar-refractivity contribution is 7.99. The SMILES string of the molecule is Cc1ccc2c(c1)C(=NOC(=O)c1cccs1)CCS2. The van der Waals surface area contributed by atoms with Crippen LogP contribution in [0.2, 0.25) is 0 Å². The summed E-state index contributed by atoms with van der Waals surface area (Å²) in [5, 5.41) is 5.93. The van der Waals surface area contributed by atoms with E-state index in [2.05, 4.69) is 30.3 Å². The molecule has 0 unspecified atom stereocenters. The fourth-order valence-corrected chi connectivity index (χ4v) is 3.62. The highest BCUT2D eigenvalue weighted by Crippen LogP contribution is 2.31. The fraction of sp³-hybridized carbons (Fsp3) is 0.200. The summed E-state index contributed by atoms with van der Waals surface area (Å²) in [5.41, 5.74) is 3.12. The molecule has 3 nitrogen and oxygen atoms in total. The van der Waals surface area contributed by atoms with Crippen LogP contribution in [0.5, 0.6) is 0 Å². The molecule has 3 rings (SSSR count). The first kappa shape index (κ1) is 13.4. The van der Waals surface area contributed by atoms with Crippen LogP contribution < -0.4 is 0 Å². The Hall–Kier alpha value is -1.59. The van der Waals surface area contributed by atoms with Crippen LogP contribution in [0.3, 0.4) is 0 Å². The molecule has 0 radical (unpaired) electrons. The molecule has 20 heavy (non-hydrogen) atoms. The Balaban J connectivity index is 1.83. The van der Waals surface area contributed by atoms with Crippen molar-refractivity contribution in [3.8, 4) is 0 Å². The van der Waals surface area contributed by atoms with Crippen molar-refractivity contribution in [1.82, 2.24) is 0 Å². The van der Waals surface area contributed by atoms with Crippen LogP contribution in [0.25, 0.3) is 0 Å². The third kappa shape index (κ3) is 2.78. The summed E-state index contributed by atoms with van der Waals surface area (Å²) in [5.74, 6) is 0.575. The van der Waals surface area contributed by atoms with Gasteiger partial charge < -0.3 is 4.84 Å². The van der Waals surface area contributed by atoms with E-state index in [1.807, 2.05) is 23.2 Å². The topological polar surface area (TPSA) is 38.7 Å². The van der Waals surface area contributed by atoms with Gasteiger partial charge in [0.05, 0.1) is 5.71 Å². The van der Waals surface area contributed by atoms with Gasteiger partial charge in [-0.2, -0.15) is 0 Å². The van der Waals surface area contributed by atoms with Crippen molar-refractivity contribution >= 4 is 34.8 Å². The molecule has 2 aromatic rings. The van der Waals surface area contributed by atoms with Crippen molar-refractivity contribution in [2.24, 2.45) is 5.16 Å². The molecule has 0 spiro atoms. The Bertz CT molecular complexity index is 663. The van der Waals surface area contributed by atoms with Crippen molar-refractivity contribution in [1.29, 1.82) is 0 Å². The first-order valence-corrected chi connectivity index (χ1v) is 8.16. The van der Waals surface area contributed by atoms with E-state index in [-0.39, 0.29) is 5.97 Å². The number of carbonyl (C=O) groups is 1. The molecular formula is C15H13NO2S2. The third-order valence-electron chi connectivity index (χ3n) is 3.00. The van der Waals surface area contributed by atoms with Gasteiger partial charge in [0, 0.05) is 22.6 Å². The van der Waals surface area contributed by atoms with E-state index in [9.17, 15) is 4.79 Å². The minimum absolute atomic E-state index is 0.389. The van der Waals surface area contributed by atoms with E-state index in [0.29, 0.717) is 4.88 Å². The summed E-state index contributed by atoms with van der Waals surface area (Å²) in [6.45, 7) is 2.05. The lowest BCUT2D eigenvalue weighted by atomic mass is 10.1. The number of aryl methyl sites for hydroxylation is 1. The van der Waals surface area contributed by atoms with Crippen LogP contribution in [0.4, 0.5) is 0 Å². The number of hydrogen-bond acceptors (Lipinski definition) is 5. The molecule has 0 N–H and O–H groups in total. The van der Waals surface area contributed by atoms with Gasteiger partial charge in [-0.25, -0.2) is 4.79 Å². The average Bonchev–Trinajstić information content (AvgIpc) is 2.99. The van der Waals surface area contributed by atoms with E-state index >= 15 is 0 Å². The number of hydrogen-bond donors (Lipinski definition) is 0. The first-order chi connectivity index (χ1) is 9.74. The van der Waals surface area contributed by atoms with E-state index in [0.717, 1.165) is 23.4 Å². The zero-order valence-electron chi connectivity index (χ0n) is 11.0. The summed E-state index contributed by atoms with van der Waals surface area (Å²) < 4.78 is 0. The van der Waals surface area contributed by atoms with Gasteiger partial charge in [0.25, 0.3) is 0 Å². The Labute approximate surface area is 125 Å². The van der Waals surface area contributed by atoms with Crippen LogP contribution >= 0.6 is 23.1 Å². The zero-order valence-corrected chi connectivity index (χ0v) is 12.6. The van der Waals surface area contributed by atoms with Crippen LogP contribution in [-0.4, -0.2) is 17.4 Å². The van der Waals surface area contributed by atoms with Crippen LogP contribution in [0, 0.1) is 6.92 Å². The predicted octanol–water partition coefficient (Wildman–Crippen LogP) is 4.11. The highest BCUT2D eigenvalue weighted by atomic mass is 32.2. The third-order valence-corrected chi connectivity index (χ3v) is 4.93. The monoisotopic (exact) mass is 303 g/mol. The first-order valence-electron chi connectivity index (χ1n) is 6.29. The zero-order chi connectivity index (χ0) is 13.9. The smallest absolute Gasteiger partial charge is 0.312 e. The number of nitrogens with zero attached hydrogens (tertiary/aromatic N) is 1. The maximum atomic E-state index is 11.8. The van der Waals surface area contributed by atoms with Gasteiger partial charge in [-0.15, -0.1) is 23.1 Å². The molecule has 1 aliphatic rings. The summed E-state index contributed by atoms with van der Waals surface area (Å²) in [4.78, 5) is 18.7. The molecular weight excluding hydrogens is 290 g/mol. The number of oxime groups is 1. The van der Waals surface area contributed by atoms with Gasteiger partial charge in [-0.3, -0.25) is 0 Å². The summed E-state index contributed by atoms with van der Waals surface area (Å²) in [7, 11) is 0. The molecule has 0 saturated carbocycles. The second kappa shape index (κ2) is 5.81. The Kier molecular flexibility index (Phi) is 3.89. The molecule has 1 aliphatic heterocycles. The van der Waals surface area contributed by atoms with E-state index < -0.39 is 0 Å². The van der Waals surface area contributed by atoms with Crippen LogP contribution in [0.15, 0.2) is 45.8 Å². The van der Waals surface area contributed by atoms with Crippen molar-refractivity contribution in [2.45, 2.75) is 18.2 Å². The normalized spacial score (nSPS) is 15.9. The lowest BCUT2D eigenvalue weighted by molar-refractivity contribution is 0.0521. The van der Waals surface area contributed by atoms with Gasteiger partial charge in [0.15, 0.2) is 0 Å². The van der Waals surface area contributed by atoms with Crippen molar-refractivity contribution < 1.29 is 9.63 Å². The Morgan fingerprint density at radius 2 is 2.25 bits per heavy atom. The Morgan fingerprint density at radius 1 is 1.35 bits per heavy atom. The summed E-state index contributed by atoms with van der Waals surface area (Å²) >= 11 is 3.17. The van der Waals surface area contributed by atoms with Gasteiger partial charge in [0.1, 0.15) is 4.88 Å². The number of rotatable bonds is 2. The maximum absolute atomic E-state index is 11.8. The number of thiophene rings is 1. The largest absolute Gasteiger partial charge is 0.375 e. The molecule has 0 atom stereocenters. The van der Waals surface area contributed by atoms with Gasteiger partial charge in [0.2, 0.25) is 0 Å². The molecule has 102 valence electrons. The van der Waals surface area contributed by atoms with E-state index in [4.69, 9.17) is 4.84 Å². The number of fused-ring (bicyclic) bond motifs is 1. The second-order valence-electron chi connectivity index (χ2n) is 4.49. The minimum Gasteiger partial charge on any atom is -0.312 e. The molecule has 1 aromatic heterocycles. The molecule has 0 saturated heterocycles. The number of benzene rings is 1. The molecule has 0 amide bonds. The molecule has 0 bridgehead atoms. The minimum atomic E-state index is -0.389. The van der Waals surface area contributed by atoms with E-state index in [1.54, 1.807) is 6.07 Å². The lowest BCUT2D eigenvalue weighted by Gasteiger charge is -2.17. The molecule has 1 aromatic carbocycles. The van der Waals surface area contributed by atoms with Crippen LogP contribution in [-0.2, 0) is 4.84 Å².